The van der Waals surface area contributed by atoms with Crippen LogP contribution in [0.25, 0.3) is 0 Å². The molecule has 0 radical (unpaired) electrons. The first-order valence-corrected chi connectivity index (χ1v) is 8.52. The molecule has 0 aromatic heterocycles. The Bertz CT molecular complexity index is 431. The molecule has 0 N–H and O–H groups in total. The van der Waals surface area contributed by atoms with Crippen molar-refractivity contribution in [2.45, 2.75) is 78.4 Å². The second kappa shape index (κ2) is 6.04. The highest BCUT2D eigenvalue weighted by Gasteiger charge is 2.53. The number of allylic oxidation sites excluding steroid dienone is 2. The minimum Gasteiger partial charge on any atom is -0.372 e. The molecule has 2 aliphatic carbocycles. The molecule has 0 aliphatic heterocycles. The molecule has 4 atom stereocenters. The van der Waals surface area contributed by atoms with E-state index >= 15 is 0 Å². The fourth-order valence-electron chi connectivity index (χ4n) is 4.10. The number of hydrogen-bond donors (Lipinski definition) is 0. The molecule has 0 saturated heterocycles. The predicted octanol–water partition coefficient (Wildman–Crippen LogP) is 5.10. The molecule has 0 spiro atoms. The summed E-state index contributed by atoms with van der Waals surface area (Å²) in [5, 5.41) is 0.781. The molecule has 2 fully saturated rings. The van der Waals surface area contributed by atoms with Gasteiger partial charge in [0.1, 0.15) is 5.78 Å². The van der Waals surface area contributed by atoms with E-state index in [0.29, 0.717) is 11.7 Å². The van der Waals surface area contributed by atoms with Gasteiger partial charge in [-0.15, -0.1) is 0 Å². The lowest BCUT2D eigenvalue weighted by molar-refractivity contribution is -0.142. The average Bonchev–Trinajstić information content (AvgIpc) is 2.62. The lowest BCUT2D eigenvalue weighted by Crippen LogP contribution is -2.45. The van der Waals surface area contributed by atoms with Crippen molar-refractivity contribution in [3.8, 4) is 0 Å². The highest BCUT2D eigenvalue weighted by atomic mass is 35.5. The van der Waals surface area contributed by atoms with Gasteiger partial charge in [-0.3, -0.25) is 4.79 Å². The molecule has 2 rings (SSSR count). The Morgan fingerprint density at radius 2 is 2.10 bits per heavy atom. The van der Waals surface area contributed by atoms with Crippen molar-refractivity contribution >= 4 is 17.4 Å². The van der Waals surface area contributed by atoms with Crippen molar-refractivity contribution in [2.75, 3.05) is 0 Å². The Morgan fingerprint density at radius 1 is 1.43 bits per heavy atom. The first-order chi connectivity index (χ1) is 9.62. The second-order valence-corrected chi connectivity index (χ2v) is 8.69. The van der Waals surface area contributed by atoms with Crippen LogP contribution in [0.4, 0.5) is 0 Å². The summed E-state index contributed by atoms with van der Waals surface area (Å²) < 4.78 is 6.33. The standard InChI is InChI=1S/C18H29ClO2/c1-12(19)6-7-13-11-18(5)14(10-15(13)20)8-9-16(18)21-17(2,3)4/h6,13-14,16H,7-11H2,1-5H3/b12-6+/t13-,14+,16+,18+/m1/s1. The lowest BCUT2D eigenvalue weighted by atomic mass is 9.63. The highest BCUT2D eigenvalue weighted by molar-refractivity contribution is 6.29. The van der Waals surface area contributed by atoms with E-state index in [1.54, 1.807) is 0 Å². The number of carbonyl (C=O) groups excluding carboxylic acids is 1. The quantitative estimate of drug-likeness (QED) is 0.725. The maximum Gasteiger partial charge on any atom is 0.136 e. The molecule has 2 aliphatic rings. The summed E-state index contributed by atoms with van der Waals surface area (Å²) in [5.74, 6) is 1.03. The van der Waals surface area contributed by atoms with Gasteiger partial charge in [0.25, 0.3) is 0 Å². The van der Waals surface area contributed by atoms with Crippen LogP contribution < -0.4 is 0 Å². The Kier molecular flexibility index (Phi) is 4.90. The minimum absolute atomic E-state index is 0.115. The van der Waals surface area contributed by atoms with Crippen LogP contribution in [0.5, 0.6) is 0 Å². The van der Waals surface area contributed by atoms with E-state index in [4.69, 9.17) is 16.3 Å². The van der Waals surface area contributed by atoms with Gasteiger partial charge in [0.15, 0.2) is 0 Å². The van der Waals surface area contributed by atoms with Crippen molar-refractivity contribution in [2.24, 2.45) is 17.3 Å². The normalized spacial score (nSPS) is 37.7. The molecule has 0 heterocycles. The molecule has 0 amide bonds. The van der Waals surface area contributed by atoms with Crippen LogP contribution >= 0.6 is 11.6 Å². The Hall–Kier alpha value is -0.340. The zero-order valence-electron chi connectivity index (χ0n) is 14.0. The van der Waals surface area contributed by atoms with E-state index in [1.165, 1.54) is 0 Å². The number of rotatable bonds is 3. The number of fused-ring (bicyclic) bond motifs is 1. The number of ether oxygens (including phenoxy) is 1. The van der Waals surface area contributed by atoms with Crippen LogP contribution in [0, 0.1) is 17.3 Å². The van der Waals surface area contributed by atoms with Crippen LogP contribution in [-0.4, -0.2) is 17.5 Å². The highest BCUT2D eigenvalue weighted by Crippen LogP contribution is 2.55. The van der Waals surface area contributed by atoms with Gasteiger partial charge in [-0.05, 0) is 64.7 Å². The molecule has 0 unspecified atom stereocenters. The van der Waals surface area contributed by atoms with Gasteiger partial charge < -0.3 is 4.74 Å². The Balaban J connectivity index is 2.13. The number of Topliss-reactive ketones (excluding diaryl/α,β-unsaturated/α-hetero) is 1. The lowest BCUT2D eigenvalue weighted by Gasteiger charge is -2.44. The van der Waals surface area contributed by atoms with Crippen LogP contribution in [0.1, 0.15) is 66.7 Å². The fraction of sp³-hybridized carbons (Fsp3) is 0.833. The average molecular weight is 313 g/mol. The molecule has 2 nitrogen and oxygen atoms in total. The second-order valence-electron chi connectivity index (χ2n) is 8.10. The van der Waals surface area contributed by atoms with Crippen LogP contribution in [0.2, 0.25) is 0 Å². The third-order valence-electron chi connectivity index (χ3n) is 5.21. The molecular formula is C18H29ClO2. The van der Waals surface area contributed by atoms with Crippen LogP contribution in [0.15, 0.2) is 11.1 Å². The number of hydrogen-bond acceptors (Lipinski definition) is 2. The molecule has 21 heavy (non-hydrogen) atoms. The number of halogens is 1. The number of carbonyl (C=O) groups is 1. The number of ketones is 1. The maximum atomic E-state index is 12.4. The summed E-state index contributed by atoms with van der Waals surface area (Å²) in [6.07, 6.45) is 6.92. The third-order valence-corrected chi connectivity index (χ3v) is 5.37. The van der Waals surface area contributed by atoms with Gasteiger partial charge in [-0.1, -0.05) is 24.6 Å². The smallest absolute Gasteiger partial charge is 0.136 e. The summed E-state index contributed by atoms with van der Waals surface area (Å²) in [7, 11) is 0. The summed E-state index contributed by atoms with van der Waals surface area (Å²) >= 11 is 5.93. The largest absolute Gasteiger partial charge is 0.372 e. The van der Waals surface area contributed by atoms with E-state index in [9.17, 15) is 4.79 Å². The van der Waals surface area contributed by atoms with Crippen molar-refractivity contribution in [1.82, 2.24) is 0 Å². The van der Waals surface area contributed by atoms with E-state index in [0.717, 1.165) is 37.1 Å². The van der Waals surface area contributed by atoms with E-state index in [1.807, 2.05) is 13.0 Å². The Labute approximate surface area is 134 Å². The van der Waals surface area contributed by atoms with Gasteiger partial charge >= 0.3 is 0 Å². The monoisotopic (exact) mass is 312 g/mol. The van der Waals surface area contributed by atoms with E-state index in [2.05, 4.69) is 27.7 Å². The third kappa shape index (κ3) is 3.90. The maximum absolute atomic E-state index is 12.4. The molecule has 3 heteroatoms. The first-order valence-electron chi connectivity index (χ1n) is 8.14. The zero-order chi connectivity index (χ0) is 15.8. The molecule has 0 aromatic rings. The van der Waals surface area contributed by atoms with Crippen molar-refractivity contribution in [3.05, 3.63) is 11.1 Å². The topological polar surface area (TPSA) is 26.3 Å². The van der Waals surface area contributed by atoms with E-state index in [-0.39, 0.29) is 23.0 Å². The molecule has 0 aromatic carbocycles. The van der Waals surface area contributed by atoms with Crippen molar-refractivity contribution in [3.63, 3.8) is 0 Å². The Morgan fingerprint density at radius 3 is 2.67 bits per heavy atom. The first kappa shape index (κ1) is 17.0. The predicted molar refractivity (Wildman–Crippen MR) is 87.4 cm³/mol. The molecule has 0 bridgehead atoms. The van der Waals surface area contributed by atoms with Crippen molar-refractivity contribution < 1.29 is 9.53 Å². The zero-order valence-corrected chi connectivity index (χ0v) is 14.8. The summed E-state index contributed by atoms with van der Waals surface area (Å²) in [4.78, 5) is 12.4. The van der Waals surface area contributed by atoms with Gasteiger partial charge in [0.2, 0.25) is 0 Å². The summed E-state index contributed by atoms with van der Waals surface area (Å²) in [5.41, 5.74) is 0.0199. The van der Waals surface area contributed by atoms with Crippen LogP contribution in [-0.2, 0) is 9.53 Å². The summed E-state index contributed by atoms with van der Waals surface area (Å²) in [6, 6.07) is 0. The van der Waals surface area contributed by atoms with Gasteiger partial charge in [-0.2, -0.15) is 0 Å². The van der Waals surface area contributed by atoms with Gasteiger partial charge in [-0.25, -0.2) is 0 Å². The van der Waals surface area contributed by atoms with Gasteiger partial charge in [0, 0.05) is 17.4 Å². The van der Waals surface area contributed by atoms with Crippen LogP contribution in [0.3, 0.4) is 0 Å². The molecule has 120 valence electrons. The SMILES string of the molecule is C/C(Cl)=C\C[C@@H]1C[C@@]2(C)[C@@H](CC[C@@H]2OC(C)(C)C)CC1=O. The van der Waals surface area contributed by atoms with E-state index < -0.39 is 0 Å². The minimum atomic E-state index is -0.119. The fourth-order valence-corrected chi connectivity index (χ4v) is 4.19. The van der Waals surface area contributed by atoms with Crippen molar-refractivity contribution in [1.29, 1.82) is 0 Å². The van der Waals surface area contributed by atoms with Gasteiger partial charge in [0.05, 0.1) is 11.7 Å². The molecular weight excluding hydrogens is 284 g/mol. The summed E-state index contributed by atoms with van der Waals surface area (Å²) in [6.45, 7) is 10.6. The molecule has 2 saturated carbocycles.